The third kappa shape index (κ3) is 2.27. The summed E-state index contributed by atoms with van der Waals surface area (Å²) in [5.41, 5.74) is -0.604. The van der Waals surface area contributed by atoms with Gasteiger partial charge in [-0.05, 0) is 63.2 Å². The summed E-state index contributed by atoms with van der Waals surface area (Å²) in [6, 6.07) is 0. The smallest absolute Gasteiger partial charge is 0.469 e. The van der Waals surface area contributed by atoms with Gasteiger partial charge in [0.2, 0.25) is 0 Å². The molecule has 4 rings (SSSR count). The Morgan fingerprint density at radius 3 is 2.21 bits per heavy atom. The van der Waals surface area contributed by atoms with Crippen LogP contribution in [0.5, 0.6) is 0 Å². The maximum absolute atomic E-state index is 12.4. The Morgan fingerprint density at radius 1 is 1.00 bits per heavy atom. The van der Waals surface area contributed by atoms with Crippen LogP contribution in [0.2, 0.25) is 0 Å². The number of ether oxygens (including phenoxy) is 3. The Morgan fingerprint density at radius 2 is 1.62 bits per heavy atom. The number of hydrogen-bond donors (Lipinski definition) is 0. The first-order valence-corrected chi connectivity index (χ1v) is 8.96. The Labute approximate surface area is 142 Å². The molecule has 0 aromatic heterocycles. The predicted molar refractivity (Wildman–Crippen MR) is 85.9 cm³/mol. The maximum Gasteiger partial charge on any atom is 0.509 e. The van der Waals surface area contributed by atoms with Gasteiger partial charge in [-0.3, -0.25) is 4.79 Å². The fourth-order valence-electron chi connectivity index (χ4n) is 5.97. The average molecular weight is 334 g/mol. The number of fused-ring (bicyclic) bond motifs is 9. The van der Waals surface area contributed by atoms with E-state index in [0.717, 1.165) is 6.42 Å². The van der Waals surface area contributed by atoms with E-state index in [4.69, 9.17) is 14.2 Å². The van der Waals surface area contributed by atoms with Gasteiger partial charge < -0.3 is 14.2 Å². The molecule has 0 heterocycles. The summed E-state index contributed by atoms with van der Waals surface area (Å²) in [6.45, 7) is 5.43. The zero-order valence-electron chi connectivity index (χ0n) is 14.7. The number of allylic oxidation sites excluding steroid dienone is 2. The molecule has 4 aliphatic rings. The molecule has 0 radical (unpaired) electrons. The molecular weight excluding hydrogens is 308 g/mol. The van der Waals surface area contributed by atoms with Crippen molar-refractivity contribution < 1.29 is 23.8 Å². The number of methoxy groups -OCH3 is 1. The van der Waals surface area contributed by atoms with Crippen LogP contribution < -0.4 is 0 Å². The summed E-state index contributed by atoms with van der Waals surface area (Å²) < 4.78 is 16.0. The molecule has 3 saturated carbocycles. The first-order valence-electron chi connectivity index (χ1n) is 8.96. The number of carbonyl (C=O) groups is 2. The van der Waals surface area contributed by atoms with Crippen molar-refractivity contribution in [2.45, 2.75) is 45.3 Å². The Balaban J connectivity index is 1.57. The minimum atomic E-state index is -0.677. The minimum absolute atomic E-state index is 0.247. The average Bonchev–Trinajstić information content (AvgIpc) is 3.21. The van der Waals surface area contributed by atoms with E-state index in [1.807, 2.05) is 20.8 Å². The van der Waals surface area contributed by atoms with E-state index in [-0.39, 0.29) is 23.7 Å². The molecule has 24 heavy (non-hydrogen) atoms. The maximum atomic E-state index is 12.4. The predicted octanol–water partition coefficient (Wildman–Crippen LogP) is 3.18. The van der Waals surface area contributed by atoms with Crippen molar-refractivity contribution in [3.05, 3.63) is 12.2 Å². The number of rotatable bonds is 2. The highest BCUT2D eigenvalue weighted by Gasteiger charge is 2.67. The molecule has 4 aliphatic carbocycles. The van der Waals surface area contributed by atoms with Gasteiger partial charge >= 0.3 is 12.1 Å². The Kier molecular flexibility index (Phi) is 3.49. The second-order valence-electron chi connectivity index (χ2n) is 8.76. The van der Waals surface area contributed by atoms with Gasteiger partial charge in [-0.1, -0.05) is 12.2 Å². The zero-order valence-corrected chi connectivity index (χ0v) is 14.7. The van der Waals surface area contributed by atoms with Crippen molar-refractivity contribution in [2.75, 3.05) is 7.11 Å². The van der Waals surface area contributed by atoms with E-state index in [2.05, 4.69) is 12.2 Å². The van der Waals surface area contributed by atoms with Crippen molar-refractivity contribution in [1.29, 1.82) is 0 Å². The normalized spacial score (nSPS) is 44.5. The van der Waals surface area contributed by atoms with Gasteiger partial charge in [-0.15, -0.1) is 0 Å². The lowest BCUT2D eigenvalue weighted by molar-refractivity contribution is -0.156. The van der Waals surface area contributed by atoms with Crippen LogP contribution in [0.15, 0.2) is 12.2 Å². The van der Waals surface area contributed by atoms with E-state index in [1.165, 1.54) is 13.5 Å². The van der Waals surface area contributed by atoms with Crippen molar-refractivity contribution in [3.8, 4) is 0 Å². The highest BCUT2D eigenvalue weighted by atomic mass is 16.7. The molecule has 0 saturated heterocycles. The van der Waals surface area contributed by atoms with E-state index in [9.17, 15) is 9.59 Å². The van der Waals surface area contributed by atoms with Crippen molar-refractivity contribution in [1.82, 2.24) is 0 Å². The summed E-state index contributed by atoms with van der Waals surface area (Å²) >= 11 is 0. The lowest BCUT2D eigenvalue weighted by atomic mass is 9.68. The van der Waals surface area contributed by atoms with Crippen LogP contribution in [0.25, 0.3) is 0 Å². The quantitative estimate of drug-likeness (QED) is 0.441. The number of carbonyl (C=O) groups excluding carboxylic acids is 2. The summed E-state index contributed by atoms with van der Waals surface area (Å²) in [5.74, 6) is 2.17. The lowest BCUT2D eigenvalue weighted by Gasteiger charge is -2.40. The Bertz CT molecular complexity index is 589. The first kappa shape index (κ1) is 16.0. The summed E-state index contributed by atoms with van der Waals surface area (Å²) in [7, 11) is 1.41. The van der Waals surface area contributed by atoms with Crippen LogP contribution in [0.3, 0.4) is 0 Å². The first-order chi connectivity index (χ1) is 11.3. The number of hydrogen-bond acceptors (Lipinski definition) is 5. The van der Waals surface area contributed by atoms with E-state index in [0.29, 0.717) is 23.7 Å². The van der Waals surface area contributed by atoms with Gasteiger partial charge in [-0.25, -0.2) is 4.79 Å². The summed E-state index contributed by atoms with van der Waals surface area (Å²) in [6.07, 6.45) is 5.71. The van der Waals surface area contributed by atoms with E-state index >= 15 is 0 Å². The third-order valence-electron chi connectivity index (χ3n) is 6.45. The zero-order chi connectivity index (χ0) is 17.2. The van der Waals surface area contributed by atoms with Crippen molar-refractivity contribution in [2.24, 2.45) is 41.4 Å². The van der Waals surface area contributed by atoms with Crippen molar-refractivity contribution in [3.63, 3.8) is 0 Å². The van der Waals surface area contributed by atoms with Crippen molar-refractivity contribution >= 4 is 12.1 Å². The van der Waals surface area contributed by atoms with Crippen LogP contribution >= 0.6 is 0 Å². The van der Waals surface area contributed by atoms with Gasteiger partial charge in [0, 0.05) is 5.92 Å². The van der Waals surface area contributed by atoms with Crippen LogP contribution in [0.4, 0.5) is 4.79 Å². The lowest BCUT2D eigenvalue weighted by Crippen LogP contribution is -2.46. The van der Waals surface area contributed by atoms with Gasteiger partial charge in [0.05, 0.1) is 13.0 Å². The molecule has 0 N–H and O–H groups in total. The number of esters is 1. The second-order valence-corrected chi connectivity index (χ2v) is 8.76. The molecular formula is C19H26O5. The van der Waals surface area contributed by atoms with Gasteiger partial charge in [-0.2, -0.15) is 0 Å². The van der Waals surface area contributed by atoms with Gasteiger partial charge in [0.1, 0.15) is 11.7 Å². The molecule has 5 nitrogen and oxygen atoms in total. The van der Waals surface area contributed by atoms with E-state index < -0.39 is 17.9 Å². The monoisotopic (exact) mass is 334 g/mol. The largest absolute Gasteiger partial charge is 0.509 e. The molecule has 8 unspecified atom stereocenters. The molecule has 0 spiro atoms. The third-order valence-corrected chi connectivity index (χ3v) is 6.45. The molecule has 132 valence electrons. The summed E-state index contributed by atoms with van der Waals surface area (Å²) in [4.78, 5) is 24.6. The summed E-state index contributed by atoms with van der Waals surface area (Å²) in [5, 5.41) is 0. The molecule has 5 heteroatoms. The standard InChI is InChI=1S/C19H26O5/c1-19(2,3)24-18(21)23-16-12-8-11(15(16)17(20)22-4)13-9-5-6-10(7-9)14(12)13/h5-6,9-16H,7-8H2,1-4H3. The van der Waals surface area contributed by atoms with Crippen LogP contribution in [-0.2, 0) is 19.0 Å². The molecule has 3 fully saturated rings. The topological polar surface area (TPSA) is 61.8 Å². The fraction of sp³-hybridized carbons (Fsp3) is 0.789. The Hall–Kier alpha value is -1.52. The van der Waals surface area contributed by atoms with Gasteiger partial charge in [0.25, 0.3) is 0 Å². The molecule has 0 aromatic rings. The van der Waals surface area contributed by atoms with Crippen LogP contribution in [-0.4, -0.2) is 30.9 Å². The second kappa shape index (κ2) is 5.24. The SMILES string of the molecule is COC(=O)C1C2CC(C1OC(=O)OC(C)(C)C)C1C3C=CC(C3)C21. The van der Waals surface area contributed by atoms with Crippen LogP contribution in [0, 0.1) is 41.4 Å². The molecule has 0 aromatic carbocycles. The fourth-order valence-corrected chi connectivity index (χ4v) is 5.97. The highest BCUT2D eigenvalue weighted by molar-refractivity contribution is 5.75. The minimum Gasteiger partial charge on any atom is -0.469 e. The van der Waals surface area contributed by atoms with Gasteiger partial charge in [0.15, 0.2) is 0 Å². The molecule has 0 amide bonds. The van der Waals surface area contributed by atoms with Crippen LogP contribution in [0.1, 0.15) is 33.6 Å². The molecule has 0 aliphatic heterocycles. The molecule has 8 atom stereocenters. The van der Waals surface area contributed by atoms with E-state index in [1.54, 1.807) is 0 Å². The highest BCUT2D eigenvalue weighted by Crippen LogP contribution is 2.67. The molecule has 4 bridgehead atoms.